The van der Waals surface area contributed by atoms with Crippen molar-refractivity contribution >= 4 is 18.4 Å². The van der Waals surface area contributed by atoms with Gasteiger partial charge in [-0.15, -0.1) is 0 Å². The van der Waals surface area contributed by atoms with Crippen LogP contribution >= 0.6 is 12.6 Å². The highest BCUT2D eigenvalue weighted by atomic mass is 32.1. The highest BCUT2D eigenvalue weighted by Gasteiger charge is 2.66. The van der Waals surface area contributed by atoms with E-state index in [1.807, 2.05) is 0 Å². The van der Waals surface area contributed by atoms with Gasteiger partial charge in [-0.3, -0.25) is 4.79 Å². The largest absolute Gasteiger partial charge is 0.376 e. The lowest BCUT2D eigenvalue weighted by molar-refractivity contribution is -0.252. The molecule has 13 heavy (non-hydrogen) atoms. The van der Waals surface area contributed by atoms with Crippen molar-refractivity contribution in [2.24, 2.45) is 0 Å². The van der Waals surface area contributed by atoms with Gasteiger partial charge in [0.15, 0.2) is 0 Å². The zero-order valence-electron chi connectivity index (χ0n) is 5.91. The minimum Gasteiger partial charge on any atom is -0.292 e. The first-order chi connectivity index (χ1) is 5.67. The summed E-state index contributed by atoms with van der Waals surface area (Å²) in [6.45, 7) is 0. The van der Waals surface area contributed by atoms with E-state index in [0.29, 0.717) is 0 Å². The van der Waals surface area contributed by atoms with Gasteiger partial charge in [0.05, 0.1) is 5.75 Å². The zero-order chi connectivity index (χ0) is 10.9. The first kappa shape index (κ1) is 12.6. The summed E-state index contributed by atoms with van der Waals surface area (Å²) < 4.78 is 71.2. The normalized spacial score (nSPS) is 13.5. The van der Waals surface area contributed by atoms with E-state index in [1.54, 1.807) is 0 Å². The Kier molecular flexibility index (Phi) is 3.65. The van der Waals surface area contributed by atoms with Crippen LogP contribution in [0.4, 0.5) is 26.3 Å². The standard InChI is InChI=1S/C5H4F6OS/c6-3(7)5(10,11)4(8,9)2(12)1-13/h3,13H,1H2. The first-order valence-corrected chi connectivity index (χ1v) is 3.49. The number of halogens is 6. The van der Waals surface area contributed by atoms with Crippen molar-refractivity contribution in [3.63, 3.8) is 0 Å². The second-order valence-electron chi connectivity index (χ2n) is 2.08. The highest BCUT2D eigenvalue weighted by Crippen LogP contribution is 2.39. The predicted octanol–water partition coefficient (Wildman–Crippen LogP) is 2.02. The predicted molar refractivity (Wildman–Crippen MR) is 34.8 cm³/mol. The smallest absolute Gasteiger partial charge is 0.292 e. The maximum Gasteiger partial charge on any atom is 0.376 e. The molecule has 0 aliphatic rings. The summed E-state index contributed by atoms with van der Waals surface area (Å²) in [5.74, 6) is -14.6. The minimum absolute atomic E-state index is 1.23. The van der Waals surface area contributed by atoms with Crippen LogP contribution in [0, 0.1) is 0 Å². The van der Waals surface area contributed by atoms with Crippen LogP contribution in [-0.2, 0) is 4.79 Å². The number of Topliss-reactive ketones (excluding diaryl/α,β-unsaturated/α-hetero) is 1. The van der Waals surface area contributed by atoms with Crippen LogP contribution in [0.2, 0.25) is 0 Å². The Balaban J connectivity index is 4.91. The molecule has 78 valence electrons. The number of alkyl halides is 6. The molecule has 0 N–H and O–H groups in total. The van der Waals surface area contributed by atoms with Crippen LogP contribution in [0.1, 0.15) is 0 Å². The van der Waals surface area contributed by atoms with Crippen LogP contribution < -0.4 is 0 Å². The second-order valence-corrected chi connectivity index (χ2v) is 2.40. The third-order valence-electron chi connectivity index (χ3n) is 1.19. The van der Waals surface area contributed by atoms with E-state index in [4.69, 9.17) is 0 Å². The summed E-state index contributed by atoms with van der Waals surface area (Å²) in [4.78, 5) is 10.1. The molecule has 0 atom stereocenters. The summed E-state index contributed by atoms with van der Waals surface area (Å²) >= 11 is 3.00. The molecular weight excluding hydrogens is 222 g/mol. The van der Waals surface area contributed by atoms with Crippen LogP contribution in [0.25, 0.3) is 0 Å². The van der Waals surface area contributed by atoms with Crippen molar-refractivity contribution in [3.8, 4) is 0 Å². The average Bonchev–Trinajstić information content (AvgIpc) is 2.02. The van der Waals surface area contributed by atoms with Crippen molar-refractivity contribution in [2.75, 3.05) is 5.75 Å². The fourth-order valence-electron chi connectivity index (χ4n) is 0.422. The lowest BCUT2D eigenvalue weighted by atomic mass is 10.1. The fraction of sp³-hybridized carbons (Fsp3) is 0.800. The molecule has 0 bridgehead atoms. The maximum absolute atomic E-state index is 12.2. The van der Waals surface area contributed by atoms with E-state index in [1.165, 1.54) is 0 Å². The Morgan fingerprint density at radius 3 is 1.85 bits per heavy atom. The second kappa shape index (κ2) is 3.77. The van der Waals surface area contributed by atoms with Crippen molar-refractivity contribution in [2.45, 2.75) is 18.3 Å². The summed E-state index contributed by atoms with van der Waals surface area (Å²) in [7, 11) is 0. The first-order valence-electron chi connectivity index (χ1n) is 2.85. The number of thiol groups is 1. The topological polar surface area (TPSA) is 17.1 Å². The molecular formula is C5H4F6OS. The van der Waals surface area contributed by atoms with E-state index in [-0.39, 0.29) is 0 Å². The molecule has 0 unspecified atom stereocenters. The number of carbonyl (C=O) groups is 1. The van der Waals surface area contributed by atoms with Gasteiger partial charge in [0.2, 0.25) is 5.78 Å². The van der Waals surface area contributed by atoms with Crippen LogP contribution in [0.15, 0.2) is 0 Å². The van der Waals surface area contributed by atoms with Gasteiger partial charge in [-0.25, -0.2) is 8.78 Å². The molecule has 0 aromatic rings. The molecule has 0 amide bonds. The molecule has 0 aromatic heterocycles. The molecule has 0 aromatic carbocycles. The average molecular weight is 226 g/mol. The van der Waals surface area contributed by atoms with Crippen LogP contribution in [0.3, 0.4) is 0 Å². The number of ketones is 1. The van der Waals surface area contributed by atoms with Gasteiger partial charge >= 0.3 is 18.3 Å². The third-order valence-corrected chi connectivity index (χ3v) is 1.47. The molecule has 0 rings (SSSR count). The molecule has 0 spiro atoms. The molecule has 0 saturated heterocycles. The Morgan fingerprint density at radius 2 is 1.62 bits per heavy atom. The van der Waals surface area contributed by atoms with E-state index in [2.05, 4.69) is 12.6 Å². The van der Waals surface area contributed by atoms with Crippen molar-refractivity contribution in [1.82, 2.24) is 0 Å². The maximum atomic E-state index is 12.2. The molecule has 0 fully saturated rings. The van der Waals surface area contributed by atoms with Gasteiger partial charge in [0, 0.05) is 0 Å². The van der Waals surface area contributed by atoms with Gasteiger partial charge in [-0.2, -0.15) is 30.2 Å². The highest BCUT2D eigenvalue weighted by molar-refractivity contribution is 7.81. The van der Waals surface area contributed by atoms with Gasteiger partial charge in [-0.1, -0.05) is 0 Å². The van der Waals surface area contributed by atoms with E-state index in [9.17, 15) is 31.1 Å². The van der Waals surface area contributed by atoms with Gasteiger partial charge < -0.3 is 0 Å². The third kappa shape index (κ3) is 2.09. The van der Waals surface area contributed by atoms with Gasteiger partial charge in [-0.05, 0) is 0 Å². The molecule has 0 radical (unpaired) electrons. The zero-order valence-corrected chi connectivity index (χ0v) is 6.80. The quantitative estimate of drug-likeness (QED) is 0.573. The Hall–Kier alpha value is -0.400. The van der Waals surface area contributed by atoms with Gasteiger partial charge in [0.1, 0.15) is 0 Å². The van der Waals surface area contributed by atoms with Gasteiger partial charge in [0.25, 0.3) is 0 Å². The molecule has 0 saturated carbocycles. The Bertz CT molecular complexity index is 203. The van der Waals surface area contributed by atoms with Crippen molar-refractivity contribution < 1.29 is 31.1 Å². The van der Waals surface area contributed by atoms with Crippen LogP contribution in [0.5, 0.6) is 0 Å². The summed E-state index contributed by atoms with van der Waals surface area (Å²) in [5.41, 5.74) is 0. The minimum atomic E-state index is -5.65. The molecule has 1 nitrogen and oxygen atoms in total. The summed E-state index contributed by atoms with van der Waals surface area (Å²) in [5, 5.41) is 0. The molecule has 8 heteroatoms. The Morgan fingerprint density at radius 1 is 1.23 bits per heavy atom. The summed E-state index contributed by atoms with van der Waals surface area (Å²) in [6, 6.07) is 0. The number of rotatable bonds is 4. The lowest BCUT2D eigenvalue weighted by Gasteiger charge is -2.23. The summed E-state index contributed by atoms with van der Waals surface area (Å²) in [6.07, 6.45) is -4.59. The monoisotopic (exact) mass is 226 g/mol. The molecule has 0 aliphatic heterocycles. The fourth-order valence-corrected chi connectivity index (χ4v) is 0.621. The van der Waals surface area contributed by atoms with Crippen LogP contribution in [-0.4, -0.2) is 29.8 Å². The van der Waals surface area contributed by atoms with Crippen molar-refractivity contribution in [1.29, 1.82) is 0 Å². The van der Waals surface area contributed by atoms with Crippen molar-refractivity contribution in [3.05, 3.63) is 0 Å². The van der Waals surface area contributed by atoms with E-state index < -0.39 is 29.8 Å². The number of carbonyl (C=O) groups excluding carboxylic acids is 1. The number of hydrogen-bond acceptors (Lipinski definition) is 2. The molecule has 0 heterocycles. The number of hydrogen-bond donors (Lipinski definition) is 1. The molecule has 0 aliphatic carbocycles. The lowest BCUT2D eigenvalue weighted by Crippen LogP contribution is -2.52. The Labute approximate surface area is 74.5 Å². The SMILES string of the molecule is O=C(CS)C(F)(F)C(F)(F)C(F)F. The van der Waals surface area contributed by atoms with E-state index in [0.717, 1.165) is 0 Å². The van der Waals surface area contributed by atoms with E-state index >= 15 is 0 Å².